The van der Waals surface area contributed by atoms with Gasteiger partial charge in [-0.05, 0) is 26.0 Å². The van der Waals surface area contributed by atoms with Crippen molar-refractivity contribution in [1.82, 2.24) is 0 Å². The van der Waals surface area contributed by atoms with Gasteiger partial charge in [0.05, 0.1) is 6.61 Å². The van der Waals surface area contributed by atoms with E-state index in [9.17, 15) is 4.79 Å². The molecule has 0 atom stereocenters. The van der Waals surface area contributed by atoms with Crippen LogP contribution in [-0.4, -0.2) is 12.6 Å². The van der Waals surface area contributed by atoms with E-state index < -0.39 is 0 Å². The molecule has 3 nitrogen and oxygen atoms in total. The number of hydrogen-bond donors (Lipinski definition) is 0. The van der Waals surface area contributed by atoms with E-state index in [1.807, 2.05) is 24.3 Å². The average molecular weight is 206 g/mol. The van der Waals surface area contributed by atoms with Gasteiger partial charge in [0.2, 0.25) is 0 Å². The zero-order valence-corrected chi connectivity index (χ0v) is 8.95. The summed E-state index contributed by atoms with van der Waals surface area (Å²) < 4.78 is 9.58. The summed E-state index contributed by atoms with van der Waals surface area (Å²) in [6, 6.07) is 7.86. The Morgan fingerprint density at radius 2 is 2.00 bits per heavy atom. The summed E-state index contributed by atoms with van der Waals surface area (Å²) >= 11 is 0. The van der Waals surface area contributed by atoms with Gasteiger partial charge in [-0.25, -0.2) is 4.79 Å². The second-order valence-corrected chi connectivity index (χ2v) is 3.08. The predicted octanol–water partition coefficient (Wildman–Crippen LogP) is 2.92. The number of carbonyl (C=O) groups excluding carboxylic acids is 1. The van der Waals surface area contributed by atoms with Crippen LogP contribution >= 0.6 is 0 Å². The van der Waals surface area contributed by atoms with E-state index in [1.54, 1.807) is 13.8 Å². The molecule has 2 aliphatic heterocycles. The minimum atomic E-state index is -0.312. The number of esters is 1. The molecular weight excluding hydrogens is 192 g/mol. The summed E-state index contributed by atoms with van der Waals surface area (Å²) in [5.74, 6) is 1.66. The van der Waals surface area contributed by atoms with Crippen LogP contribution in [-0.2, 0) is 9.53 Å². The van der Waals surface area contributed by atoms with E-state index in [-0.39, 0.29) is 5.97 Å². The van der Waals surface area contributed by atoms with Crippen LogP contribution in [0, 0.1) is 0 Å². The van der Waals surface area contributed by atoms with Crippen LogP contribution in [0.5, 0.6) is 11.5 Å². The fourth-order valence-corrected chi connectivity index (χ4v) is 0.933. The Labute approximate surface area is 89.3 Å². The first-order chi connectivity index (χ1) is 7.13. The van der Waals surface area contributed by atoms with Crippen molar-refractivity contribution < 1.29 is 14.3 Å². The third-order valence-corrected chi connectivity index (χ3v) is 1.67. The van der Waals surface area contributed by atoms with E-state index in [0.29, 0.717) is 12.2 Å². The summed E-state index contributed by atoms with van der Waals surface area (Å²) in [6.45, 7) is 7.21. The topological polar surface area (TPSA) is 35.5 Å². The summed E-state index contributed by atoms with van der Waals surface area (Å²) in [4.78, 5) is 10.4. The highest BCUT2D eigenvalue weighted by Gasteiger charge is 2.05. The summed E-state index contributed by atoms with van der Waals surface area (Å²) in [6.07, 6.45) is 0. The molecule has 15 heavy (non-hydrogen) atoms. The Hall–Kier alpha value is -1.77. The molecule has 0 amide bonds. The minimum Gasteiger partial charge on any atom is -0.463 e. The highest BCUT2D eigenvalue weighted by atomic mass is 16.5. The maximum absolute atomic E-state index is 10.4. The molecule has 0 aromatic heterocycles. The van der Waals surface area contributed by atoms with E-state index in [2.05, 4.69) is 11.3 Å². The number of fused-ring (bicyclic) bond motifs is 2. The van der Waals surface area contributed by atoms with Crippen molar-refractivity contribution in [1.29, 1.82) is 0 Å². The molecule has 0 N–H and O–H groups in total. The van der Waals surface area contributed by atoms with Crippen molar-refractivity contribution in [3.63, 3.8) is 0 Å². The van der Waals surface area contributed by atoms with Crippen LogP contribution < -0.4 is 4.74 Å². The van der Waals surface area contributed by atoms with Crippen LogP contribution in [0.25, 0.3) is 0 Å². The van der Waals surface area contributed by atoms with Crippen LogP contribution in [0.15, 0.2) is 36.4 Å². The molecule has 2 bridgehead atoms. The Kier molecular flexibility index (Phi) is 3.92. The first-order valence-corrected chi connectivity index (χ1v) is 4.74. The van der Waals surface area contributed by atoms with E-state index >= 15 is 0 Å². The molecule has 0 saturated heterocycles. The van der Waals surface area contributed by atoms with Gasteiger partial charge in [0.25, 0.3) is 0 Å². The van der Waals surface area contributed by atoms with Crippen LogP contribution in [0.3, 0.4) is 0 Å². The molecule has 0 spiro atoms. The maximum atomic E-state index is 10.4. The average Bonchev–Trinajstić information content (AvgIpc) is 2.19. The van der Waals surface area contributed by atoms with Gasteiger partial charge in [-0.15, -0.1) is 0 Å². The van der Waals surface area contributed by atoms with Crippen LogP contribution in [0.2, 0.25) is 0 Å². The van der Waals surface area contributed by atoms with Gasteiger partial charge in [-0.3, -0.25) is 0 Å². The van der Waals surface area contributed by atoms with Gasteiger partial charge in [-0.1, -0.05) is 12.6 Å². The summed E-state index contributed by atoms with van der Waals surface area (Å²) in [7, 11) is 0. The molecule has 0 fully saturated rings. The summed E-state index contributed by atoms with van der Waals surface area (Å²) in [5.41, 5.74) is 0.451. The van der Waals surface area contributed by atoms with E-state index in [1.165, 1.54) is 0 Å². The van der Waals surface area contributed by atoms with Crippen molar-refractivity contribution in [2.45, 2.75) is 13.8 Å². The fourth-order valence-electron chi connectivity index (χ4n) is 0.933. The van der Waals surface area contributed by atoms with Gasteiger partial charge < -0.3 is 9.47 Å². The standard InChI is InChI=1S/C6H10O2.C6H4O/c1-4-8-6(7)5(2)3;1-2-5-4-6(3-1)7-5/h2,4H2,1,3H3;1-4H. The normalized spacial score (nSPS) is 10.0. The Morgan fingerprint density at radius 1 is 1.47 bits per heavy atom. The predicted molar refractivity (Wildman–Crippen MR) is 58.0 cm³/mol. The maximum Gasteiger partial charge on any atom is 0.333 e. The highest BCUT2D eigenvalue weighted by molar-refractivity contribution is 5.86. The van der Waals surface area contributed by atoms with Gasteiger partial charge >= 0.3 is 5.97 Å². The Balaban J connectivity index is 0.000000150. The molecule has 0 saturated carbocycles. The van der Waals surface area contributed by atoms with Gasteiger partial charge in [0.15, 0.2) is 0 Å². The molecule has 2 aliphatic rings. The zero-order valence-electron chi connectivity index (χ0n) is 8.95. The van der Waals surface area contributed by atoms with Gasteiger partial charge in [0, 0.05) is 11.6 Å². The monoisotopic (exact) mass is 206 g/mol. The number of rotatable bonds is 2. The van der Waals surface area contributed by atoms with Crippen molar-refractivity contribution in [2.24, 2.45) is 0 Å². The van der Waals surface area contributed by atoms with Crippen LogP contribution in [0.1, 0.15) is 13.8 Å². The molecule has 0 aliphatic carbocycles. The molecule has 1 aromatic carbocycles. The molecule has 3 rings (SSSR count). The lowest BCUT2D eigenvalue weighted by molar-refractivity contribution is -0.138. The minimum absolute atomic E-state index is 0.312. The quantitative estimate of drug-likeness (QED) is 0.559. The largest absolute Gasteiger partial charge is 0.463 e. The third kappa shape index (κ3) is 3.46. The molecule has 2 heterocycles. The molecule has 1 aromatic rings. The molecule has 0 radical (unpaired) electrons. The second kappa shape index (κ2) is 5.20. The fraction of sp³-hybridized carbons (Fsp3) is 0.250. The lowest BCUT2D eigenvalue weighted by Crippen LogP contribution is -2.03. The number of carbonyl (C=O) groups is 1. The molecule has 3 heteroatoms. The smallest absolute Gasteiger partial charge is 0.333 e. The first kappa shape index (κ1) is 11.3. The second-order valence-electron chi connectivity index (χ2n) is 3.08. The van der Waals surface area contributed by atoms with Gasteiger partial charge in [0.1, 0.15) is 11.5 Å². The van der Waals surface area contributed by atoms with Crippen molar-refractivity contribution >= 4 is 5.97 Å². The number of benzene rings is 1. The molecule has 80 valence electrons. The summed E-state index contributed by atoms with van der Waals surface area (Å²) in [5, 5.41) is 0. The zero-order chi connectivity index (χ0) is 11.3. The van der Waals surface area contributed by atoms with E-state index in [4.69, 9.17) is 4.74 Å². The number of hydrogen-bond acceptors (Lipinski definition) is 3. The third-order valence-electron chi connectivity index (χ3n) is 1.67. The van der Waals surface area contributed by atoms with Crippen molar-refractivity contribution in [3.05, 3.63) is 36.4 Å². The van der Waals surface area contributed by atoms with Crippen molar-refractivity contribution in [3.8, 4) is 11.5 Å². The molecule has 0 unspecified atom stereocenters. The first-order valence-electron chi connectivity index (χ1n) is 4.74. The molecular formula is C12H14O3. The van der Waals surface area contributed by atoms with Crippen LogP contribution in [0.4, 0.5) is 0 Å². The Bertz CT molecular complexity index is 344. The van der Waals surface area contributed by atoms with Crippen molar-refractivity contribution in [2.75, 3.05) is 6.61 Å². The van der Waals surface area contributed by atoms with E-state index in [0.717, 1.165) is 11.5 Å². The lowest BCUT2D eigenvalue weighted by atomic mass is 10.2. The highest BCUT2D eigenvalue weighted by Crippen LogP contribution is 2.32. The SMILES string of the molecule is C=C(C)C(=O)OCC.c1cc2cc(c1)O2. The van der Waals surface area contributed by atoms with Gasteiger partial charge in [-0.2, -0.15) is 0 Å². The lowest BCUT2D eigenvalue weighted by Gasteiger charge is -2.13. The number of ether oxygens (including phenoxy) is 2. The Morgan fingerprint density at radius 3 is 2.13 bits per heavy atom.